The van der Waals surface area contributed by atoms with Gasteiger partial charge in [-0.25, -0.2) is 9.97 Å². The average molecular weight is 528 g/mol. The van der Waals surface area contributed by atoms with E-state index in [1.165, 1.54) is 12.4 Å². The number of nitrogens with zero attached hydrogens (tertiary/aromatic N) is 3. The highest BCUT2D eigenvalue weighted by Gasteiger charge is 2.33. The summed E-state index contributed by atoms with van der Waals surface area (Å²) in [6, 6.07) is 20.2. The number of hydrogen-bond acceptors (Lipinski definition) is 6. The molecule has 0 unspecified atom stereocenters. The van der Waals surface area contributed by atoms with Gasteiger partial charge in [0.1, 0.15) is 30.5 Å². The van der Waals surface area contributed by atoms with Crippen LogP contribution in [0.25, 0.3) is 10.9 Å². The number of rotatable bonds is 8. The van der Waals surface area contributed by atoms with Gasteiger partial charge in [-0.3, -0.25) is 9.59 Å². The molecule has 1 fully saturated rings. The van der Waals surface area contributed by atoms with Crippen LogP contribution in [-0.4, -0.2) is 39.3 Å². The van der Waals surface area contributed by atoms with Crippen LogP contribution in [0.3, 0.4) is 0 Å². The summed E-state index contributed by atoms with van der Waals surface area (Å²) in [5.41, 5.74) is 3.06. The molecule has 1 aliphatic rings. The predicted molar refractivity (Wildman–Crippen MR) is 149 cm³/mol. The van der Waals surface area contributed by atoms with Gasteiger partial charge in [-0.05, 0) is 60.9 Å². The number of carbonyl (C=O) groups excluding carboxylic acids is 2. The molecule has 0 bridgehead atoms. The van der Waals surface area contributed by atoms with Crippen molar-refractivity contribution in [3.05, 3.63) is 96.3 Å². The molecule has 0 radical (unpaired) electrons. The molecule has 1 saturated heterocycles. The third-order valence-electron chi connectivity index (χ3n) is 6.35. The molecule has 2 N–H and O–H groups in total. The fourth-order valence-corrected chi connectivity index (χ4v) is 4.68. The van der Waals surface area contributed by atoms with Gasteiger partial charge in [0, 0.05) is 23.3 Å². The zero-order valence-electron chi connectivity index (χ0n) is 20.6. The monoisotopic (exact) mass is 527 g/mol. The second-order valence-corrected chi connectivity index (χ2v) is 9.29. The summed E-state index contributed by atoms with van der Waals surface area (Å²) in [6.07, 6.45) is 4.10. The molecule has 9 heteroatoms. The van der Waals surface area contributed by atoms with E-state index in [2.05, 4.69) is 27.2 Å². The molecule has 2 amide bonds. The highest BCUT2D eigenvalue weighted by Crippen LogP contribution is 2.32. The third-order valence-corrected chi connectivity index (χ3v) is 6.64. The molecule has 1 aliphatic heterocycles. The van der Waals surface area contributed by atoms with Crippen molar-refractivity contribution in [2.24, 2.45) is 0 Å². The smallest absolute Gasteiger partial charge is 0.247 e. The third kappa shape index (κ3) is 5.60. The normalized spacial score (nSPS) is 14.8. The van der Waals surface area contributed by atoms with Gasteiger partial charge in [0.15, 0.2) is 0 Å². The zero-order chi connectivity index (χ0) is 26.5. The average Bonchev–Trinajstić information content (AvgIpc) is 3.43. The van der Waals surface area contributed by atoms with Crippen molar-refractivity contribution < 1.29 is 14.3 Å². The van der Waals surface area contributed by atoms with Gasteiger partial charge in [0.05, 0.1) is 10.5 Å². The van der Waals surface area contributed by atoms with Gasteiger partial charge in [-0.1, -0.05) is 48.5 Å². The van der Waals surface area contributed by atoms with Crippen LogP contribution in [0.5, 0.6) is 5.75 Å². The number of carbonyl (C=O) groups is 2. The molecule has 38 heavy (non-hydrogen) atoms. The van der Waals surface area contributed by atoms with Gasteiger partial charge in [0.2, 0.25) is 11.8 Å². The van der Waals surface area contributed by atoms with Crippen molar-refractivity contribution in [2.75, 3.05) is 17.2 Å². The fraction of sp³-hybridized carbons (Fsp3) is 0.172. The Morgan fingerprint density at radius 3 is 2.68 bits per heavy atom. The largest absolute Gasteiger partial charge is 0.487 e. The lowest BCUT2D eigenvalue weighted by atomic mass is 10.1. The summed E-state index contributed by atoms with van der Waals surface area (Å²) >= 11 is 6.49. The minimum atomic E-state index is -0.523. The Bertz CT molecular complexity index is 1490. The van der Waals surface area contributed by atoms with E-state index in [9.17, 15) is 9.59 Å². The Morgan fingerprint density at radius 1 is 1.08 bits per heavy atom. The molecule has 192 valence electrons. The van der Waals surface area contributed by atoms with Crippen molar-refractivity contribution in [3.8, 4) is 5.75 Å². The Balaban J connectivity index is 1.32. The topological polar surface area (TPSA) is 96.5 Å². The van der Waals surface area contributed by atoms with Crippen molar-refractivity contribution in [3.63, 3.8) is 0 Å². The molecule has 1 atom stereocenters. The number of amides is 2. The van der Waals surface area contributed by atoms with Crippen LogP contribution in [0.2, 0.25) is 5.02 Å². The predicted octanol–water partition coefficient (Wildman–Crippen LogP) is 5.72. The molecule has 3 aromatic carbocycles. The van der Waals surface area contributed by atoms with E-state index in [0.717, 1.165) is 23.1 Å². The second-order valence-electron chi connectivity index (χ2n) is 8.88. The lowest BCUT2D eigenvalue weighted by molar-refractivity contribution is -0.132. The van der Waals surface area contributed by atoms with Crippen molar-refractivity contribution >= 4 is 51.5 Å². The van der Waals surface area contributed by atoms with Crippen molar-refractivity contribution in [2.45, 2.75) is 25.5 Å². The van der Waals surface area contributed by atoms with Gasteiger partial charge >= 0.3 is 0 Å². The van der Waals surface area contributed by atoms with Crippen LogP contribution in [0.4, 0.5) is 17.2 Å². The van der Waals surface area contributed by atoms with Gasteiger partial charge in [0.25, 0.3) is 0 Å². The van der Waals surface area contributed by atoms with E-state index < -0.39 is 6.04 Å². The molecule has 2 heterocycles. The lowest BCUT2D eigenvalue weighted by Gasteiger charge is -2.22. The van der Waals surface area contributed by atoms with Crippen LogP contribution >= 0.6 is 11.6 Å². The number of fused-ring (bicyclic) bond motifs is 1. The fourth-order valence-electron chi connectivity index (χ4n) is 4.45. The van der Waals surface area contributed by atoms with Gasteiger partial charge in [-0.2, -0.15) is 0 Å². The number of anilines is 3. The first kappa shape index (κ1) is 25.2. The van der Waals surface area contributed by atoms with E-state index >= 15 is 0 Å². The number of likely N-dealkylation sites (tertiary alicyclic amines) is 1. The lowest BCUT2D eigenvalue weighted by Crippen LogP contribution is -2.42. The quantitative estimate of drug-likeness (QED) is 0.284. The minimum Gasteiger partial charge on any atom is -0.487 e. The second kappa shape index (κ2) is 11.3. The van der Waals surface area contributed by atoms with E-state index in [1.807, 2.05) is 48.5 Å². The Hall–Kier alpha value is -4.43. The Labute approximate surface area is 225 Å². The highest BCUT2D eigenvalue weighted by molar-refractivity contribution is 6.32. The maximum Gasteiger partial charge on any atom is 0.247 e. The van der Waals surface area contributed by atoms with Gasteiger partial charge in [-0.15, -0.1) is 0 Å². The van der Waals surface area contributed by atoms with Crippen LogP contribution in [0.15, 0.2) is 85.7 Å². The molecular weight excluding hydrogens is 502 g/mol. The van der Waals surface area contributed by atoms with Crippen LogP contribution in [-0.2, 0) is 16.2 Å². The first-order valence-corrected chi connectivity index (χ1v) is 12.6. The van der Waals surface area contributed by atoms with E-state index in [1.54, 1.807) is 23.1 Å². The summed E-state index contributed by atoms with van der Waals surface area (Å²) < 4.78 is 5.87. The summed E-state index contributed by atoms with van der Waals surface area (Å²) in [7, 11) is 0. The summed E-state index contributed by atoms with van der Waals surface area (Å²) in [6.45, 7) is 4.49. The van der Waals surface area contributed by atoms with Crippen LogP contribution in [0.1, 0.15) is 18.4 Å². The van der Waals surface area contributed by atoms with Gasteiger partial charge < -0.3 is 20.3 Å². The van der Waals surface area contributed by atoms with Crippen LogP contribution in [0, 0.1) is 0 Å². The number of hydrogen-bond donors (Lipinski definition) is 2. The summed E-state index contributed by atoms with van der Waals surface area (Å²) in [5, 5.41) is 7.40. The first-order valence-electron chi connectivity index (χ1n) is 12.2. The molecule has 5 rings (SSSR count). The maximum atomic E-state index is 13.0. The molecule has 1 aromatic heterocycles. The summed E-state index contributed by atoms with van der Waals surface area (Å²) in [4.78, 5) is 35.4. The molecule has 4 aromatic rings. The Morgan fingerprint density at radius 2 is 1.89 bits per heavy atom. The van der Waals surface area contributed by atoms with E-state index in [4.69, 9.17) is 16.3 Å². The molecule has 0 saturated carbocycles. The molecule has 0 spiro atoms. The number of benzene rings is 3. The zero-order valence-corrected chi connectivity index (χ0v) is 21.3. The van der Waals surface area contributed by atoms with Crippen molar-refractivity contribution in [1.82, 2.24) is 14.9 Å². The SMILES string of the molecule is C=CC(=O)N1CCC[C@@H]1C(=O)Nc1ccc2ncnc(Nc3ccc(OCc4ccccc4)c(Cl)c3)c2c1. The van der Waals surface area contributed by atoms with E-state index in [-0.39, 0.29) is 11.8 Å². The first-order chi connectivity index (χ1) is 18.5. The van der Waals surface area contributed by atoms with Crippen molar-refractivity contribution in [1.29, 1.82) is 0 Å². The highest BCUT2D eigenvalue weighted by atomic mass is 35.5. The standard InChI is InChI=1S/C29H26ClN5O3/c1-2-27(36)35-14-6-9-25(35)29(37)34-20-10-12-24-22(15-20)28(32-18-31-24)33-21-11-13-26(23(30)16-21)38-17-19-7-4-3-5-8-19/h2-5,7-8,10-13,15-16,18,25H,1,6,9,14,17H2,(H,34,37)(H,31,32,33)/t25-/m1/s1. The molecule has 8 nitrogen and oxygen atoms in total. The maximum absolute atomic E-state index is 13.0. The van der Waals surface area contributed by atoms with E-state index in [0.29, 0.717) is 47.4 Å². The number of halogens is 1. The number of ether oxygens (including phenoxy) is 1. The summed E-state index contributed by atoms with van der Waals surface area (Å²) in [5.74, 6) is 0.663. The van der Waals surface area contributed by atoms with Crippen LogP contribution < -0.4 is 15.4 Å². The Kier molecular flexibility index (Phi) is 7.51. The number of aromatic nitrogens is 2. The minimum absolute atomic E-state index is 0.235. The molecular formula is C29H26ClN5O3. The molecule has 0 aliphatic carbocycles. The number of nitrogens with one attached hydrogen (secondary N) is 2.